The van der Waals surface area contributed by atoms with E-state index in [1.807, 2.05) is 32.9 Å². The zero-order valence-corrected chi connectivity index (χ0v) is 15.5. The smallest absolute Gasteiger partial charge is 0.255 e. The molecule has 126 valence electrons. The van der Waals surface area contributed by atoms with Gasteiger partial charge >= 0.3 is 0 Å². The monoisotopic (exact) mass is 389 g/mol. The molecule has 5 heteroatoms. The Bertz CT molecular complexity index is 733. The number of benzene rings is 2. The van der Waals surface area contributed by atoms with E-state index in [1.54, 1.807) is 36.4 Å². The second-order valence-corrected chi connectivity index (χ2v) is 7.37. The zero-order chi connectivity index (χ0) is 17.7. The molecule has 0 spiro atoms. The Hall–Kier alpha value is -2.14. The van der Waals surface area contributed by atoms with Crippen LogP contribution in [-0.4, -0.2) is 18.3 Å². The van der Waals surface area contributed by atoms with Crippen LogP contribution in [-0.2, 0) is 4.79 Å². The molecule has 0 saturated heterocycles. The minimum absolute atomic E-state index is 0.00755. The first-order chi connectivity index (χ1) is 11.3. The molecule has 0 saturated carbocycles. The number of ether oxygens (including phenoxy) is 1. The van der Waals surface area contributed by atoms with Crippen molar-refractivity contribution in [2.75, 3.05) is 11.9 Å². The molecule has 0 unspecified atom stereocenters. The van der Waals surface area contributed by atoms with Gasteiger partial charge in [-0.3, -0.25) is 9.59 Å². The van der Waals surface area contributed by atoms with Crippen LogP contribution in [0, 0.1) is 5.41 Å². The number of Topliss-reactive ketones (excluding diaryl/α,β-unsaturated/α-hetero) is 1. The molecular formula is C19H20BrNO3. The molecular weight excluding hydrogens is 370 g/mol. The molecule has 24 heavy (non-hydrogen) atoms. The molecule has 0 aliphatic carbocycles. The molecule has 0 bridgehead atoms. The lowest BCUT2D eigenvalue weighted by molar-refractivity contribution is -0.128. The number of rotatable bonds is 5. The first-order valence-electron chi connectivity index (χ1n) is 7.59. The fourth-order valence-electron chi connectivity index (χ4n) is 1.83. The third kappa shape index (κ3) is 5.20. The number of hydrogen-bond donors (Lipinski definition) is 1. The van der Waals surface area contributed by atoms with Gasteiger partial charge in [0.2, 0.25) is 0 Å². The summed E-state index contributed by atoms with van der Waals surface area (Å²) in [6, 6.07) is 14.1. The van der Waals surface area contributed by atoms with E-state index in [0.29, 0.717) is 17.0 Å². The summed E-state index contributed by atoms with van der Waals surface area (Å²) in [6.07, 6.45) is 0. The van der Waals surface area contributed by atoms with Gasteiger partial charge in [-0.25, -0.2) is 0 Å². The van der Waals surface area contributed by atoms with Crippen molar-refractivity contribution < 1.29 is 14.3 Å². The highest BCUT2D eigenvalue weighted by Gasteiger charge is 2.21. The fourth-order valence-corrected chi connectivity index (χ4v) is 2.10. The summed E-state index contributed by atoms with van der Waals surface area (Å²) in [4.78, 5) is 24.1. The predicted molar refractivity (Wildman–Crippen MR) is 98.5 cm³/mol. The average Bonchev–Trinajstić information content (AvgIpc) is 2.52. The predicted octanol–water partition coefficient (Wildman–Crippen LogP) is 4.70. The summed E-state index contributed by atoms with van der Waals surface area (Å²) in [5.41, 5.74) is 0.740. The maximum absolute atomic E-state index is 12.2. The van der Waals surface area contributed by atoms with Crippen molar-refractivity contribution in [3.8, 4) is 5.75 Å². The summed E-state index contributed by atoms with van der Waals surface area (Å²) in [7, 11) is 0. The standard InChI is InChI=1S/C19H20BrNO3/c1-19(2,3)17(22)12-24-16-6-4-5-15(11-16)21-18(23)13-7-9-14(20)10-8-13/h4-11H,12H2,1-3H3,(H,21,23). The Balaban J connectivity index is 2.01. The molecule has 0 radical (unpaired) electrons. The highest BCUT2D eigenvalue weighted by molar-refractivity contribution is 9.10. The highest BCUT2D eigenvalue weighted by Crippen LogP contribution is 2.20. The highest BCUT2D eigenvalue weighted by atomic mass is 79.9. The van der Waals surface area contributed by atoms with Gasteiger partial charge in [0, 0.05) is 27.2 Å². The van der Waals surface area contributed by atoms with Crippen LogP contribution >= 0.6 is 15.9 Å². The molecule has 0 fully saturated rings. The van der Waals surface area contributed by atoms with Crippen LogP contribution in [0.5, 0.6) is 5.75 Å². The minimum Gasteiger partial charge on any atom is -0.486 e. The number of nitrogens with one attached hydrogen (secondary N) is 1. The van der Waals surface area contributed by atoms with Gasteiger partial charge < -0.3 is 10.1 Å². The summed E-state index contributed by atoms with van der Waals surface area (Å²) in [6.45, 7) is 5.57. The third-order valence-corrected chi connectivity index (χ3v) is 3.93. The maximum Gasteiger partial charge on any atom is 0.255 e. The molecule has 0 aliphatic rings. The largest absolute Gasteiger partial charge is 0.486 e. The number of carbonyl (C=O) groups excluding carboxylic acids is 2. The summed E-state index contributed by atoms with van der Waals surface area (Å²) >= 11 is 3.34. The molecule has 0 heterocycles. The molecule has 2 rings (SSSR count). The quantitative estimate of drug-likeness (QED) is 0.806. The molecule has 2 aromatic carbocycles. The van der Waals surface area contributed by atoms with Crippen LogP contribution in [0.2, 0.25) is 0 Å². The molecule has 1 amide bonds. The van der Waals surface area contributed by atoms with Crippen molar-refractivity contribution in [3.63, 3.8) is 0 Å². The Morgan fingerprint density at radius 3 is 2.38 bits per heavy atom. The molecule has 0 aliphatic heterocycles. The van der Waals surface area contributed by atoms with E-state index in [0.717, 1.165) is 4.47 Å². The molecule has 2 aromatic rings. The first-order valence-corrected chi connectivity index (χ1v) is 8.38. The number of amides is 1. The van der Waals surface area contributed by atoms with Crippen LogP contribution in [0.4, 0.5) is 5.69 Å². The van der Waals surface area contributed by atoms with E-state index in [2.05, 4.69) is 21.2 Å². The van der Waals surface area contributed by atoms with Gasteiger partial charge in [-0.05, 0) is 36.4 Å². The first kappa shape index (κ1) is 18.2. The van der Waals surface area contributed by atoms with Crippen LogP contribution in [0.1, 0.15) is 31.1 Å². The minimum atomic E-state index is -0.437. The van der Waals surface area contributed by atoms with Crippen molar-refractivity contribution in [2.45, 2.75) is 20.8 Å². The van der Waals surface area contributed by atoms with Gasteiger partial charge in [-0.15, -0.1) is 0 Å². The lowest BCUT2D eigenvalue weighted by Gasteiger charge is -2.17. The summed E-state index contributed by atoms with van der Waals surface area (Å²) in [5.74, 6) is 0.360. The number of carbonyl (C=O) groups is 2. The molecule has 0 atom stereocenters. The lowest BCUT2D eigenvalue weighted by atomic mass is 9.91. The Morgan fingerprint density at radius 2 is 1.75 bits per heavy atom. The van der Waals surface area contributed by atoms with Gasteiger partial charge in [0.25, 0.3) is 5.91 Å². The fraction of sp³-hybridized carbons (Fsp3) is 0.263. The van der Waals surface area contributed by atoms with Crippen molar-refractivity contribution in [1.29, 1.82) is 0 Å². The van der Waals surface area contributed by atoms with Crippen molar-refractivity contribution >= 4 is 33.3 Å². The van der Waals surface area contributed by atoms with E-state index >= 15 is 0 Å². The molecule has 0 aromatic heterocycles. The SMILES string of the molecule is CC(C)(C)C(=O)COc1cccc(NC(=O)c2ccc(Br)cc2)c1. The average molecular weight is 390 g/mol. The van der Waals surface area contributed by atoms with Crippen LogP contribution in [0.25, 0.3) is 0 Å². The second kappa shape index (κ2) is 7.62. The van der Waals surface area contributed by atoms with E-state index in [-0.39, 0.29) is 18.3 Å². The van der Waals surface area contributed by atoms with Crippen LogP contribution in [0.3, 0.4) is 0 Å². The van der Waals surface area contributed by atoms with Gasteiger partial charge in [0.15, 0.2) is 5.78 Å². The summed E-state index contributed by atoms with van der Waals surface area (Å²) in [5, 5.41) is 2.82. The zero-order valence-electron chi connectivity index (χ0n) is 13.9. The lowest BCUT2D eigenvalue weighted by Crippen LogP contribution is -2.26. The summed E-state index contributed by atoms with van der Waals surface area (Å²) < 4.78 is 6.45. The second-order valence-electron chi connectivity index (χ2n) is 6.45. The van der Waals surface area contributed by atoms with E-state index in [4.69, 9.17) is 4.74 Å². The maximum atomic E-state index is 12.2. The van der Waals surface area contributed by atoms with Crippen molar-refractivity contribution in [1.82, 2.24) is 0 Å². The van der Waals surface area contributed by atoms with Crippen molar-refractivity contribution in [2.24, 2.45) is 5.41 Å². The van der Waals surface area contributed by atoms with E-state index in [9.17, 15) is 9.59 Å². The number of hydrogen-bond acceptors (Lipinski definition) is 3. The van der Waals surface area contributed by atoms with Crippen LogP contribution in [0.15, 0.2) is 53.0 Å². The Morgan fingerprint density at radius 1 is 1.08 bits per heavy atom. The number of anilines is 1. The van der Waals surface area contributed by atoms with Gasteiger partial charge in [-0.1, -0.05) is 42.8 Å². The number of ketones is 1. The molecule has 4 nitrogen and oxygen atoms in total. The van der Waals surface area contributed by atoms with Gasteiger partial charge in [0.1, 0.15) is 12.4 Å². The van der Waals surface area contributed by atoms with Crippen LogP contribution < -0.4 is 10.1 Å². The van der Waals surface area contributed by atoms with Gasteiger partial charge in [-0.2, -0.15) is 0 Å². The van der Waals surface area contributed by atoms with E-state index < -0.39 is 5.41 Å². The molecule has 1 N–H and O–H groups in total. The topological polar surface area (TPSA) is 55.4 Å². The van der Waals surface area contributed by atoms with Crippen molar-refractivity contribution in [3.05, 3.63) is 58.6 Å². The third-order valence-electron chi connectivity index (χ3n) is 3.40. The number of halogens is 1. The Kier molecular flexibility index (Phi) is 5.78. The normalized spacial score (nSPS) is 11.0. The van der Waals surface area contributed by atoms with E-state index in [1.165, 1.54) is 0 Å². The Labute approximate surface area is 150 Å². The van der Waals surface area contributed by atoms with Gasteiger partial charge in [0.05, 0.1) is 0 Å².